The maximum Gasteiger partial charge on any atom is 0.251 e. The second-order valence-corrected chi connectivity index (χ2v) is 6.14. The molecule has 130 valence electrons. The lowest BCUT2D eigenvalue weighted by atomic mass is 10.1. The largest absolute Gasteiger partial charge is 0.376 e. The van der Waals surface area contributed by atoms with Gasteiger partial charge < -0.3 is 15.4 Å². The molecule has 5 heteroatoms. The van der Waals surface area contributed by atoms with Crippen LogP contribution in [0.4, 0.5) is 5.69 Å². The lowest BCUT2D eigenvalue weighted by molar-refractivity contribution is -0.115. The van der Waals surface area contributed by atoms with Crippen LogP contribution in [0.25, 0.3) is 0 Å². The van der Waals surface area contributed by atoms with E-state index in [2.05, 4.69) is 10.6 Å². The van der Waals surface area contributed by atoms with E-state index >= 15 is 0 Å². The molecule has 5 nitrogen and oxygen atoms in total. The van der Waals surface area contributed by atoms with Crippen molar-refractivity contribution in [1.82, 2.24) is 5.32 Å². The van der Waals surface area contributed by atoms with Gasteiger partial charge in [-0.1, -0.05) is 36.4 Å². The summed E-state index contributed by atoms with van der Waals surface area (Å²) in [6, 6.07) is 16.5. The predicted molar refractivity (Wildman–Crippen MR) is 96.5 cm³/mol. The van der Waals surface area contributed by atoms with Crippen molar-refractivity contribution in [2.45, 2.75) is 25.4 Å². The van der Waals surface area contributed by atoms with Gasteiger partial charge in [-0.05, 0) is 36.6 Å². The molecule has 1 aliphatic rings. The molecular weight excluding hydrogens is 316 g/mol. The standard InChI is InChI=1S/C20H22N2O3/c23-19(12-15-6-2-1-3-7-15)22-17-9-4-8-16(13-17)20(24)21-14-18-10-5-11-25-18/h1-4,6-9,13,18H,5,10-12,14H2,(H,21,24)(H,22,23). The molecule has 1 heterocycles. The van der Waals surface area contributed by atoms with E-state index < -0.39 is 0 Å². The molecule has 3 rings (SSSR count). The summed E-state index contributed by atoms with van der Waals surface area (Å²) in [5.41, 5.74) is 2.09. The zero-order valence-corrected chi connectivity index (χ0v) is 14.0. The summed E-state index contributed by atoms with van der Waals surface area (Å²) in [4.78, 5) is 24.4. The summed E-state index contributed by atoms with van der Waals surface area (Å²) in [6.07, 6.45) is 2.44. The lowest BCUT2D eigenvalue weighted by Crippen LogP contribution is -2.31. The second-order valence-electron chi connectivity index (χ2n) is 6.14. The number of benzene rings is 2. The molecule has 2 aromatic carbocycles. The smallest absolute Gasteiger partial charge is 0.251 e. The van der Waals surface area contributed by atoms with Crippen LogP contribution in [0, 0.1) is 0 Å². The van der Waals surface area contributed by atoms with E-state index in [9.17, 15) is 9.59 Å². The van der Waals surface area contributed by atoms with Crippen LogP contribution in [-0.4, -0.2) is 31.1 Å². The highest BCUT2D eigenvalue weighted by Gasteiger charge is 2.16. The van der Waals surface area contributed by atoms with Gasteiger partial charge >= 0.3 is 0 Å². The van der Waals surface area contributed by atoms with Crippen molar-refractivity contribution in [3.8, 4) is 0 Å². The fourth-order valence-electron chi connectivity index (χ4n) is 2.84. The Morgan fingerprint density at radius 1 is 1.08 bits per heavy atom. The molecule has 1 aliphatic heterocycles. The molecule has 1 atom stereocenters. The molecule has 1 unspecified atom stereocenters. The minimum Gasteiger partial charge on any atom is -0.376 e. The minimum absolute atomic E-state index is 0.108. The monoisotopic (exact) mass is 338 g/mol. The molecule has 0 aliphatic carbocycles. The Balaban J connectivity index is 1.55. The Morgan fingerprint density at radius 3 is 2.68 bits per heavy atom. The highest BCUT2D eigenvalue weighted by molar-refractivity contribution is 5.97. The van der Waals surface area contributed by atoms with Crippen LogP contribution < -0.4 is 10.6 Å². The average Bonchev–Trinajstić information content (AvgIpc) is 3.14. The fraction of sp³-hybridized carbons (Fsp3) is 0.300. The van der Waals surface area contributed by atoms with Gasteiger partial charge in [-0.25, -0.2) is 0 Å². The summed E-state index contributed by atoms with van der Waals surface area (Å²) in [7, 11) is 0. The van der Waals surface area contributed by atoms with E-state index in [-0.39, 0.29) is 17.9 Å². The first-order valence-electron chi connectivity index (χ1n) is 8.54. The fourth-order valence-corrected chi connectivity index (χ4v) is 2.84. The van der Waals surface area contributed by atoms with Crippen molar-refractivity contribution in [3.05, 3.63) is 65.7 Å². The maximum atomic E-state index is 12.3. The quantitative estimate of drug-likeness (QED) is 0.851. The minimum atomic E-state index is -0.158. The van der Waals surface area contributed by atoms with Gasteiger partial charge in [-0.2, -0.15) is 0 Å². The number of nitrogens with one attached hydrogen (secondary N) is 2. The van der Waals surface area contributed by atoms with Gasteiger partial charge in [0.1, 0.15) is 0 Å². The van der Waals surface area contributed by atoms with Crippen LogP contribution in [0.3, 0.4) is 0 Å². The third-order valence-electron chi connectivity index (χ3n) is 4.13. The van der Waals surface area contributed by atoms with Crippen LogP contribution in [0.15, 0.2) is 54.6 Å². The second kappa shape index (κ2) is 8.44. The number of hydrogen-bond donors (Lipinski definition) is 2. The molecule has 0 saturated carbocycles. The van der Waals surface area contributed by atoms with Gasteiger partial charge in [0.05, 0.1) is 12.5 Å². The summed E-state index contributed by atoms with van der Waals surface area (Å²) in [5, 5.41) is 5.72. The molecule has 1 fully saturated rings. The van der Waals surface area contributed by atoms with Gasteiger partial charge in [0.25, 0.3) is 5.91 Å². The Hall–Kier alpha value is -2.66. The van der Waals surface area contributed by atoms with Gasteiger partial charge in [0.2, 0.25) is 5.91 Å². The Kier molecular flexibility index (Phi) is 5.80. The molecular formula is C20H22N2O3. The van der Waals surface area contributed by atoms with Crippen LogP contribution in [0.5, 0.6) is 0 Å². The number of carbonyl (C=O) groups is 2. The van der Waals surface area contributed by atoms with E-state index in [1.165, 1.54) is 0 Å². The van der Waals surface area contributed by atoms with Crippen LogP contribution in [0.1, 0.15) is 28.8 Å². The van der Waals surface area contributed by atoms with Crippen molar-refractivity contribution < 1.29 is 14.3 Å². The number of ether oxygens (including phenoxy) is 1. The molecule has 0 bridgehead atoms. The van der Waals surface area contributed by atoms with Crippen molar-refractivity contribution in [2.24, 2.45) is 0 Å². The predicted octanol–water partition coefficient (Wildman–Crippen LogP) is 2.78. The van der Waals surface area contributed by atoms with Gasteiger partial charge in [0, 0.05) is 24.4 Å². The summed E-state index contributed by atoms with van der Waals surface area (Å²) in [5.74, 6) is -0.266. The zero-order chi connectivity index (χ0) is 17.5. The molecule has 2 aromatic rings. The Morgan fingerprint density at radius 2 is 1.92 bits per heavy atom. The van der Waals surface area contributed by atoms with E-state index in [1.54, 1.807) is 24.3 Å². The SMILES string of the molecule is O=C(Cc1ccccc1)Nc1cccc(C(=O)NCC2CCCO2)c1. The molecule has 0 spiro atoms. The topological polar surface area (TPSA) is 67.4 Å². The summed E-state index contributed by atoms with van der Waals surface area (Å²) >= 11 is 0. The number of anilines is 1. The third kappa shape index (κ3) is 5.16. The number of amides is 2. The van der Waals surface area contributed by atoms with E-state index in [0.29, 0.717) is 24.2 Å². The first kappa shape index (κ1) is 17.2. The van der Waals surface area contributed by atoms with Gasteiger partial charge in [0.15, 0.2) is 0 Å². The zero-order valence-electron chi connectivity index (χ0n) is 14.0. The van der Waals surface area contributed by atoms with E-state index in [1.807, 2.05) is 30.3 Å². The summed E-state index contributed by atoms with van der Waals surface area (Å²) < 4.78 is 5.50. The van der Waals surface area contributed by atoms with Crippen molar-refractivity contribution >= 4 is 17.5 Å². The van der Waals surface area contributed by atoms with E-state index in [0.717, 1.165) is 25.0 Å². The lowest BCUT2D eigenvalue weighted by Gasteiger charge is -2.11. The van der Waals surface area contributed by atoms with Gasteiger partial charge in [-0.15, -0.1) is 0 Å². The molecule has 2 N–H and O–H groups in total. The van der Waals surface area contributed by atoms with Crippen molar-refractivity contribution in [2.75, 3.05) is 18.5 Å². The highest BCUT2D eigenvalue weighted by Crippen LogP contribution is 2.13. The maximum absolute atomic E-state index is 12.3. The van der Waals surface area contributed by atoms with E-state index in [4.69, 9.17) is 4.74 Å². The molecule has 1 saturated heterocycles. The molecule has 2 amide bonds. The van der Waals surface area contributed by atoms with Crippen molar-refractivity contribution in [3.63, 3.8) is 0 Å². The first-order chi connectivity index (χ1) is 12.2. The summed E-state index contributed by atoms with van der Waals surface area (Å²) in [6.45, 7) is 1.28. The van der Waals surface area contributed by atoms with Crippen LogP contribution in [0.2, 0.25) is 0 Å². The number of hydrogen-bond acceptors (Lipinski definition) is 3. The Labute approximate surface area is 147 Å². The molecule has 0 radical (unpaired) electrons. The normalized spacial score (nSPS) is 16.4. The average molecular weight is 338 g/mol. The first-order valence-corrected chi connectivity index (χ1v) is 8.54. The number of carbonyl (C=O) groups excluding carboxylic acids is 2. The molecule has 0 aromatic heterocycles. The Bertz CT molecular complexity index is 725. The van der Waals surface area contributed by atoms with Crippen molar-refractivity contribution in [1.29, 1.82) is 0 Å². The van der Waals surface area contributed by atoms with Crippen LogP contribution >= 0.6 is 0 Å². The van der Waals surface area contributed by atoms with Gasteiger partial charge in [-0.3, -0.25) is 9.59 Å². The van der Waals surface area contributed by atoms with Crippen LogP contribution in [-0.2, 0) is 16.0 Å². The third-order valence-corrected chi connectivity index (χ3v) is 4.13. The molecule has 25 heavy (non-hydrogen) atoms. The number of rotatable bonds is 6. The highest BCUT2D eigenvalue weighted by atomic mass is 16.5.